The number of aryl methyl sites for hydroxylation is 1. The van der Waals surface area contributed by atoms with Crippen LogP contribution in [0.4, 0.5) is 5.13 Å². The van der Waals surface area contributed by atoms with E-state index < -0.39 is 0 Å². The highest BCUT2D eigenvalue weighted by Crippen LogP contribution is 2.26. The molecule has 2 amide bonds. The van der Waals surface area contributed by atoms with Crippen LogP contribution in [0.15, 0.2) is 24.3 Å². The van der Waals surface area contributed by atoms with Crippen LogP contribution in [0.1, 0.15) is 12.0 Å². The number of aromatic nitrogens is 2. The Balaban J connectivity index is 1.83. The molecule has 0 aliphatic heterocycles. The van der Waals surface area contributed by atoms with Gasteiger partial charge in [-0.15, -0.1) is 10.2 Å². The zero-order valence-corrected chi connectivity index (χ0v) is 13.8. The maximum Gasteiger partial charge on any atom is 0.245 e. The molecule has 1 aromatic carbocycles. The van der Waals surface area contributed by atoms with E-state index in [2.05, 4.69) is 25.6 Å². The minimum absolute atomic E-state index is 0.0159. The quantitative estimate of drug-likeness (QED) is 0.802. The van der Waals surface area contributed by atoms with E-state index in [1.807, 2.05) is 31.2 Å². The summed E-state index contributed by atoms with van der Waals surface area (Å²) in [6.07, 6.45) is 0.162. The zero-order chi connectivity index (χ0) is 16.7. The second-order valence-corrected chi connectivity index (χ2v) is 5.84. The number of methoxy groups -OCH3 is 1. The highest BCUT2D eigenvalue weighted by Gasteiger charge is 2.10. The summed E-state index contributed by atoms with van der Waals surface area (Å²) >= 11 is 1.31. The SMILES string of the molecule is COCC(=O)NCCC(=O)Nc1nnc(-c2ccc(C)cc2)s1. The van der Waals surface area contributed by atoms with Crippen molar-refractivity contribution < 1.29 is 14.3 Å². The number of carbonyl (C=O) groups excluding carboxylic acids is 2. The maximum atomic E-state index is 11.8. The lowest BCUT2D eigenvalue weighted by Gasteiger charge is -2.03. The Hall–Kier alpha value is -2.32. The van der Waals surface area contributed by atoms with Crippen LogP contribution in [-0.4, -0.2) is 42.3 Å². The van der Waals surface area contributed by atoms with Crippen molar-refractivity contribution in [3.05, 3.63) is 29.8 Å². The number of carbonyl (C=O) groups is 2. The van der Waals surface area contributed by atoms with E-state index in [-0.39, 0.29) is 31.4 Å². The van der Waals surface area contributed by atoms with Crippen LogP contribution in [-0.2, 0) is 14.3 Å². The zero-order valence-electron chi connectivity index (χ0n) is 13.0. The molecular weight excluding hydrogens is 316 g/mol. The van der Waals surface area contributed by atoms with E-state index in [1.165, 1.54) is 24.0 Å². The van der Waals surface area contributed by atoms with Gasteiger partial charge in [0.1, 0.15) is 11.6 Å². The third-order valence-corrected chi connectivity index (χ3v) is 3.81. The molecule has 0 saturated heterocycles. The number of benzene rings is 1. The van der Waals surface area contributed by atoms with E-state index in [0.29, 0.717) is 5.13 Å². The Labute approximate surface area is 138 Å². The third kappa shape index (κ3) is 5.42. The fourth-order valence-corrected chi connectivity index (χ4v) is 2.53. The molecule has 0 spiro atoms. The van der Waals surface area contributed by atoms with Gasteiger partial charge >= 0.3 is 0 Å². The predicted octanol–water partition coefficient (Wildman–Crippen LogP) is 1.60. The van der Waals surface area contributed by atoms with Crippen LogP contribution >= 0.6 is 11.3 Å². The van der Waals surface area contributed by atoms with Crippen molar-refractivity contribution in [1.82, 2.24) is 15.5 Å². The van der Waals surface area contributed by atoms with Crippen molar-refractivity contribution in [2.45, 2.75) is 13.3 Å². The average Bonchev–Trinajstić information content (AvgIpc) is 2.96. The summed E-state index contributed by atoms with van der Waals surface area (Å²) < 4.78 is 4.68. The molecule has 0 bridgehead atoms. The molecule has 8 heteroatoms. The number of rotatable bonds is 7. The summed E-state index contributed by atoms with van der Waals surface area (Å²) in [5.74, 6) is -0.479. The molecule has 0 unspecified atom stereocenters. The molecule has 0 aliphatic rings. The number of nitrogens with one attached hydrogen (secondary N) is 2. The monoisotopic (exact) mass is 334 g/mol. The molecule has 2 N–H and O–H groups in total. The fourth-order valence-electron chi connectivity index (χ4n) is 1.77. The van der Waals surface area contributed by atoms with Gasteiger partial charge in [-0.1, -0.05) is 41.2 Å². The van der Waals surface area contributed by atoms with E-state index >= 15 is 0 Å². The number of hydrogen-bond donors (Lipinski definition) is 2. The van der Waals surface area contributed by atoms with Gasteiger partial charge in [0.05, 0.1) is 0 Å². The number of ether oxygens (including phenoxy) is 1. The number of hydrogen-bond acceptors (Lipinski definition) is 6. The Morgan fingerprint density at radius 2 is 1.91 bits per heavy atom. The van der Waals surface area contributed by atoms with E-state index in [0.717, 1.165) is 10.6 Å². The molecule has 23 heavy (non-hydrogen) atoms. The van der Waals surface area contributed by atoms with Crippen molar-refractivity contribution in [1.29, 1.82) is 0 Å². The summed E-state index contributed by atoms with van der Waals surface area (Å²) in [6.45, 7) is 2.25. The molecule has 0 radical (unpaired) electrons. The van der Waals surface area contributed by atoms with E-state index in [9.17, 15) is 9.59 Å². The van der Waals surface area contributed by atoms with Gasteiger partial charge < -0.3 is 15.4 Å². The molecule has 1 heterocycles. The first-order valence-corrected chi connectivity index (χ1v) is 7.86. The molecule has 2 aromatic rings. The molecule has 7 nitrogen and oxygen atoms in total. The number of anilines is 1. The summed E-state index contributed by atoms with van der Waals surface area (Å²) in [7, 11) is 1.44. The number of nitrogens with zero attached hydrogens (tertiary/aromatic N) is 2. The lowest BCUT2D eigenvalue weighted by atomic mass is 10.2. The summed E-state index contributed by atoms with van der Waals surface area (Å²) in [5.41, 5.74) is 2.13. The molecule has 122 valence electrons. The van der Waals surface area contributed by atoms with Crippen molar-refractivity contribution in [2.24, 2.45) is 0 Å². The Morgan fingerprint density at radius 1 is 1.17 bits per heavy atom. The van der Waals surface area contributed by atoms with Crippen molar-refractivity contribution in [3.63, 3.8) is 0 Å². The minimum atomic E-state index is -0.252. The second kappa shape index (κ2) is 8.35. The molecule has 2 rings (SSSR count). The molecule has 1 aromatic heterocycles. The lowest BCUT2D eigenvalue weighted by molar-refractivity contribution is -0.124. The van der Waals surface area contributed by atoms with Crippen molar-refractivity contribution in [3.8, 4) is 10.6 Å². The topological polar surface area (TPSA) is 93.2 Å². The fraction of sp³-hybridized carbons (Fsp3) is 0.333. The summed E-state index contributed by atoms with van der Waals surface area (Å²) in [5, 5.41) is 14.5. The highest BCUT2D eigenvalue weighted by atomic mass is 32.1. The standard InChI is InChI=1S/C15H18N4O3S/c1-10-3-5-11(6-4-10)14-18-19-15(23-14)17-12(20)7-8-16-13(21)9-22-2/h3-6H,7-9H2,1-2H3,(H,16,21)(H,17,19,20). The second-order valence-electron chi connectivity index (χ2n) is 4.86. The first-order valence-electron chi connectivity index (χ1n) is 7.04. The van der Waals surface area contributed by atoms with Crippen LogP contribution < -0.4 is 10.6 Å². The maximum absolute atomic E-state index is 11.8. The first-order chi connectivity index (χ1) is 11.1. The summed E-state index contributed by atoms with van der Waals surface area (Å²) in [4.78, 5) is 23.0. The van der Waals surface area contributed by atoms with Crippen molar-refractivity contribution in [2.75, 3.05) is 25.6 Å². The van der Waals surface area contributed by atoms with Gasteiger partial charge in [0.2, 0.25) is 16.9 Å². The van der Waals surface area contributed by atoms with E-state index in [1.54, 1.807) is 0 Å². The summed E-state index contributed by atoms with van der Waals surface area (Å²) in [6, 6.07) is 7.93. The Morgan fingerprint density at radius 3 is 2.61 bits per heavy atom. The number of amides is 2. The van der Waals surface area contributed by atoms with Crippen LogP contribution in [0.5, 0.6) is 0 Å². The van der Waals surface area contributed by atoms with Crippen molar-refractivity contribution >= 4 is 28.3 Å². The molecule has 0 aliphatic carbocycles. The molecule has 0 saturated carbocycles. The van der Waals surface area contributed by atoms with Gasteiger partial charge in [-0.2, -0.15) is 0 Å². The smallest absolute Gasteiger partial charge is 0.245 e. The van der Waals surface area contributed by atoms with Gasteiger partial charge in [-0.3, -0.25) is 9.59 Å². The van der Waals surface area contributed by atoms with Crippen LogP contribution in [0.25, 0.3) is 10.6 Å². The lowest BCUT2D eigenvalue weighted by Crippen LogP contribution is -2.30. The average molecular weight is 334 g/mol. The van der Waals surface area contributed by atoms with Gasteiger partial charge in [-0.05, 0) is 6.92 Å². The largest absolute Gasteiger partial charge is 0.375 e. The van der Waals surface area contributed by atoms with Gasteiger partial charge in [0.15, 0.2) is 0 Å². The van der Waals surface area contributed by atoms with Crippen LogP contribution in [0, 0.1) is 6.92 Å². The Bertz CT molecular complexity index is 670. The Kier molecular flexibility index (Phi) is 6.19. The minimum Gasteiger partial charge on any atom is -0.375 e. The van der Waals surface area contributed by atoms with E-state index in [4.69, 9.17) is 0 Å². The molecule has 0 atom stereocenters. The van der Waals surface area contributed by atoms with Crippen LogP contribution in [0.3, 0.4) is 0 Å². The first kappa shape index (κ1) is 17.0. The predicted molar refractivity (Wildman–Crippen MR) is 88.2 cm³/mol. The third-order valence-electron chi connectivity index (χ3n) is 2.92. The van der Waals surface area contributed by atoms with Gasteiger partial charge in [0.25, 0.3) is 0 Å². The highest BCUT2D eigenvalue weighted by molar-refractivity contribution is 7.18. The normalized spacial score (nSPS) is 10.3. The van der Waals surface area contributed by atoms with Gasteiger partial charge in [-0.25, -0.2) is 0 Å². The molecular formula is C15H18N4O3S. The molecule has 0 fully saturated rings. The van der Waals surface area contributed by atoms with Crippen LogP contribution in [0.2, 0.25) is 0 Å². The van der Waals surface area contributed by atoms with Gasteiger partial charge in [0, 0.05) is 25.6 Å².